The standard InChI is InChI=1S/C14H18FN3/c1-14(2,11-4-6-12(15)7-5-11)10-18-9-13(16-3)8-17-18/h4-9,16H,10H2,1-3H3. The second-order valence-corrected chi connectivity index (χ2v) is 5.07. The molecule has 1 aromatic carbocycles. The molecule has 2 rings (SSSR count). The van der Waals surface area contributed by atoms with Crippen LogP contribution in [0.25, 0.3) is 0 Å². The van der Waals surface area contributed by atoms with E-state index >= 15 is 0 Å². The van der Waals surface area contributed by atoms with Crippen LogP contribution < -0.4 is 5.32 Å². The smallest absolute Gasteiger partial charge is 0.123 e. The quantitative estimate of drug-likeness (QED) is 0.900. The fraction of sp³-hybridized carbons (Fsp3) is 0.357. The Balaban J connectivity index is 2.18. The molecule has 0 saturated heterocycles. The van der Waals surface area contributed by atoms with Crippen molar-refractivity contribution < 1.29 is 4.39 Å². The zero-order chi connectivity index (χ0) is 13.2. The Morgan fingerprint density at radius 3 is 2.50 bits per heavy atom. The zero-order valence-corrected chi connectivity index (χ0v) is 10.9. The van der Waals surface area contributed by atoms with Crippen LogP contribution in [0.4, 0.5) is 10.1 Å². The molecule has 0 aliphatic rings. The van der Waals surface area contributed by atoms with Gasteiger partial charge in [-0.2, -0.15) is 5.10 Å². The van der Waals surface area contributed by atoms with Gasteiger partial charge in [-0.15, -0.1) is 0 Å². The minimum absolute atomic E-state index is 0.0925. The van der Waals surface area contributed by atoms with Gasteiger partial charge in [-0.05, 0) is 17.7 Å². The number of nitrogens with one attached hydrogen (secondary N) is 1. The van der Waals surface area contributed by atoms with E-state index in [1.165, 1.54) is 12.1 Å². The summed E-state index contributed by atoms with van der Waals surface area (Å²) in [6.45, 7) is 5.00. The zero-order valence-electron chi connectivity index (χ0n) is 10.9. The maximum Gasteiger partial charge on any atom is 0.123 e. The molecule has 3 nitrogen and oxygen atoms in total. The molecule has 0 radical (unpaired) electrons. The summed E-state index contributed by atoms with van der Waals surface area (Å²) >= 11 is 0. The molecular weight excluding hydrogens is 229 g/mol. The molecule has 0 bridgehead atoms. The van der Waals surface area contributed by atoms with Crippen LogP contribution in [0, 0.1) is 5.82 Å². The number of aromatic nitrogens is 2. The van der Waals surface area contributed by atoms with Crippen LogP contribution >= 0.6 is 0 Å². The predicted octanol–water partition coefficient (Wildman–Crippen LogP) is 3.04. The summed E-state index contributed by atoms with van der Waals surface area (Å²) in [5, 5.41) is 7.34. The lowest BCUT2D eigenvalue weighted by Gasteiger charge is -2.25. The predicted molar refractivity (Wildman–Crippen MR) is 71.2 cm³/mol. The van der Waals surface area contributed by atoms with Crippen molar-refractivity contribution in [1.82, 2.24) is 9.78 Å². The van der Waals surface area contributed by atoms with Gasteiger partial charge in [0.1, 0.15) is 5.82 Å². The number of hydrogen-bond donors (Lipinski definition) is 1. The highest BCUT2D eigenvalue weighted by molar-refractivity contribution is 5.37. The fourth-order valence-electron chi connectivity index (χ4n) is 1.98. The van der Waals surface area contributed by atoms with Crippen LogP contribution in [0.15, 0.2) is 36.7 Å². The first kappa shape index (κ1) is 12.6. The maximum atomic E-state index is 12.9. The van der Waals surface area contributed by atoms with Crippen molar-refractivity contribution in [2.75, 3.05) is 12.4 Å². The van der Waals surface area contributed by atoms with E-state index in [0.717, 1.165) is 17.8 Å². The minimum Gasteiger partial charge on any atom is -0.386 e. The summed E-state index contributed by atoms with van der Waals surface area (Å²) in [7, 11) is 1.87. The second-order valence-electron chi connectivity index (χ2n) is 5.07. The molecule has 0 fully saturated rings. The van der Waals surface area contributed by atoms with E-state index in [4.69, 9.17) is 0 Å². The van der Waals surface area contributed by atoms with Crippen molar-refractivity contribution in [2.45, 2.75) is 25.8 Å². The first-order valence-corrected chi connectivity index (χ1v) is 5.97. The average molecular weight is 247 g/mol. The summed E-state index contributed by atoms with van der Waals surface area (Å²) in [4.78, 5) is 0. The largest absolute Gasteiger partial charge is 0.386 e. The molecule has 0 saturated carbocycles. The lowest BCUT2D eigenvalue weighted by molar-refractivity contribution is 0.408. The van der Waals surface area contributed by atoms with Crippen molar-refractivity contribution in [3.8, 4) is 0 Å². The van der Waals surface area contributed by atoms with Gasteiger partial charge in [-0.3, -0.25) is 4.68 Å². The van der Waals surface area contributed by atoms with Gasteiger partial charge in [0.15, 0.2) is 0 Å². The molecule has 0 atom stereocenters. The lowest BCUT2D eigenvalue weighted by atomic mass is 9.85. The Labute approximate surface area is 107 Å². The number of benzene rings is 1. The van der Waals surface area contributed by atoms with Gasteiger partial charge in [0.05, 0.1) is 18.4 Å². The second kappa shape index (κ2) is 4.80. The minimum atomic E-state index is -0.203. The highest BCUT2D eigenvalue weighted by atomic mass is 19.1. The lowest BCUT2D eigenvalue weighted by Crippen LogP contribution is -2.24. The van der Waals surface area contributed by atoms with E-state index in [0.29, 0.717) is 0 Å². The number of nitrogens with zero attached hydrogens (tertiary/aromatic N) is 2. The normalized spacial score (nSPS) is 11.6. The summed E-state index contributed by atoms with van der Waals surface area (Å²) < 4.78 is 14.8. The van der Waals surface area contributed by atoms with Gasteiger partial charge in [-0.25, -0.2) is 4.39 Å². The van der Waals surface area contributed by atoms with Gasteiger partial charge < -0.3 is 5.32 Å². The number of anilines is 1. The van der Waals surface area contributed by atoms with E-state index < -0.39 is 0 Å². The molecule has 2 aromatic rings. The Hall–Kier alpha value is -1.84. The summed E-state index contributed by atoms with van der Waals surface area (Å²) in [5.74, 6) is -0.203. The van der Waals surface area contributed by atoms with Gasteiger partial charge >= 0.3 is 0 Å². The molecule has 0 aliphatic carbocycles. The Kier molecular flexibility index (Phi) is 3.36. The molecule has 0 unspecified atom stereocenters. The number of halogens is 1. The highest BCUT2D eigenvalue weighted by Crippen LogP contribution is 2.25. The van der Waals surface area contributed by atoms with Crippen LogP contribution in [0.2, 0.25) is 0 Å². The van der Waals surface area contributed by atoms with Crippen LogP contribution in [0.3, 0.4) is 0 Å². The molecule has 96 valence electrons. The van der Waals surface area contributed by atoms with Crippen LogP contribution in [-0.2, 0) is 12.0 Å². The first-order valence-electron chi connectivity index (χ1n) is 5.97. The summed E-state index contributed by atoms with van der Waals surface area (Å²) in [5.41, 5.74) is 2.00. The van der Waals surface area contributed by atoms with E-state index in [9.17, 15) is 4.39 Å². The Morgan fingerprint density at radius 2 is 1.94 bits per heavy atom. The third kappa shape index (κ3) is 2.70. The van der Waals surface area contributed by atoms with Crippen LogP contribution in [0.5, 0.6) is 0 Å². The van der Waals surface area contributed by atoms with Crippen molar-refractivity contribution in [3.05, 3.63) is 48.0 Å². The molecule has 18 heavy (non-hydrogen) atoms. The third-order valence-electron chi connectivity index (χ3n) is 3.10. The van der Waals surface area contributed by atoms with Gasteiger partial charge in [-0.1, -0.05) is 26.0 Å². The topological polar surface area (TPSA) is 29.9 Å². The van der Waals surface area contributed by atoms with Crippen molar-refractivity contribution in [3.63, 3.8) is 0 Å². The molecule has 4 heteroatoms. The highest BCUT2D eigenvalue weighted by Gasteiger charge is 2.21. The van der Waals surface area contributed by atoms with Crippen LogP contribution in [-0.4, -0.2) is 16.8 Å². The average Bonchev–Trinajstić information content (AvgIpc) is 2.76. The van der Waals surface area contributed by atoms with Crippen molar-refractivity contribution >= 4 is 5.69 Å². The van der Waals surface area contributed by atoms with Gasteiger partial charge in [0.2, 0.25) is 0 Å². The van der Waals surface area contributed by atoms with E-state index in [2.05, 4.69) is 24.3 Å². The Bertz CT molecular complexity index is 514. The van der Waals surface area contributed by atoms with Crippen molar-refractivity contribution in [1.29, 1.82) is 0 Å². The van der Waals surface area contributed by atoms with E-state index in [1.807, 2.05) is 30.1 Å². The molecule has 0 spiro atoms. The van der Waals surface area contributed by atoms with E-state index in [1.54, 1.807) is 6.20 Å². The maximum absolute atomic E-state index is 12.9. The molecule has 0 aliphatic heterocycles. The number of hydrogen-bond acceptors (Lipinski definition) is 2. The van der Waals surface area contributed by atoms with Crippen molar-refractivity contribution in [2.24, 2.45) is 0 Å². The summed E-state index contributed by atoms with van der Waals surface area (Å²) in [6, 6.07) is 6.66. The third-order valence-corrected chi connectivity index (χ3v) is 3.10. The van der Waals surface area contributed by atoms with Gasteiger partial charge in [0, 0.05) is 18.7 Å². The molecule has 1 aromatic heterocycles. The van der Waals surface area contributed by atoms with Crippen LogP contribution in [0.1, 0.15) is 19.4 Å². The monoisotopic (exact) mass is 247 g/mol. The number of rotatable bonds is 4. The fourth-order valence-corrected chi connectivity index (χ4v) is 1.98. The molecule has 1 N–H and O–H groups in total. The molecule has 0 amide bonds. The molecule has 1 heterocycles. The van der Waals surface area contributed by atoms with E-state index in [-0.39, 0.29) is 11.2 Å². The first-order chi connectivity index (χ1) is 8.51. The summed E-state index contributed by atoms with van der Waals surface area (Å²) in [6.07, 6.45) is 3.76. The van der Waals surface area contributed by atoms with Gasteiger partial charge in [0.25, 0.3) is 0 Å². The Morgan fingerprint density at radius 1 is 1.28 bits per heavy atom. The molecular formula is C14H18FN3. The SMILES string of the molecule is CNc1cnn(CC(C)(C)c2ccc(F)cc2)c1.